The highest BCUT2D eigenvalue weighted by molar-refractivity contribution is 5.99. The molecule has 0 radical (unpaired) electrons. The molecule has 1 aromatic rings. The lowest BCUT2D eigenvalue weighted by atomic mass is 9.98. The van der Waals surface area contributed by atoms with Gasteiger partial charge in [0.05, 0.1) is 6.10 Å². The quantitative estimate of drug-likeness (QED) is 0.799. The lowest BCUT2D eigenvalue weighted by Crippen LogP contribution is -2.26. The van der Waals surface area contributed by atoms with E-state index >= 15 is 0 Å². The Balaban J connectivity index is 2.88. The maximum absolute atomic E-state index is 11.9. The van der Waals surface area contributed by atoms with E-state index in [0.29, 0.717) is 11.3 Å². The lowest BCUT2D eigenvalue weighted by molar-refractivity contribution is 0.0647. The summed E-state index contributed by atoms with van der Waals surface area (Å²) >= 11 is 0. The standard InChI is InChI=1S/C14H20O3/c1-9(2)13(15)14(16)11-6-5-7-12(8-11)17-10(3)4/h5-10,13,15H,1-4H3. The van der Waals surface area contributed by atoms with Gasteiger partial charge in [-0.2, -0.15) is 0 Å². The molecule has 0 aliphatic rings. The van der Waals surface area contributed by atoms with Crippen LogP contribution in [0.3, 0.4) is 0 Å². The summed E-state index contributed by atoms with van der Waals surface area (Å²) in [4.78, 5) is 11.9. The van der Waals surface area contributed by atoms with Crippen molar-refractivity contribution in [2.45, 2.75) is 39.9 Å². The third kappa shape index (κ3) is 3.86. The summed E-state index contributed by atoms with van der Waals surface area (Å²) in [5.41, 5.74) is 0.490. The van der Waals surface area contributed by atoms with Gasteiger partial charge in [0.25, 0.3) is 0 Å². The number of ether oxygens (including phenoxy) is 1. The van der Waals surface area contributed by atoms with Crippen LogP contribution in [0.2, 0.25) is 0 Å². The first-order valence-electron chi connectivity index (χ1n) is 5.90. The first kappa shape index (κ1) is 13.7. The summed E-state index contributed by atoms with van der Waals surface area (Å²) in [7, 11) is 0. The van der Waals surface area contributed by atoms with Crippen LogP contribution in [-0.2, 0) is 0 Å². The molecule has 0 heterocycles. The van der Waals surface area contributed by atoms with E-state index in [1.165, 1.54) is 0 Å². The van der Waals surface area contributed by atoms with Crippen LogP contribution in [0.15, 0.2) is 24.3 Å². The van der Waals surface area contributed by atoms with Gasteiger partial charge in [0.1, 0.15) is 11.9 Å². The van der Waals surface area contributed by atoms with Crippen LogP contribution in [0.4, 0.5) is 0 Å². The van der Waals surface area contributed by atoms with Crippen molar-refractivity contribution in [3.63, 3.8) is 0 Å². The molecular weight excluding hydrogens is 216 g/mol. The Hall–Kier alpha value is -1.35. The molecule has 94 valence electrons. The fraction of sp³-hybridized carbons (Fsp3) is 0.500. The zero-order valence-electron chi connectivity index (χ0n) is 10.8. The molecule has 1 unspecified atom stereocenters. The third-order valence-electron chi connectivity index (χ3n) is 2.39. The van der Waals surface area contributed by atoms with E-state index in [1.807, 2.05) is 27.7 Å². The molecule has 0 bridgehead atoms. The molecule has 17 heavy (non-hydrogen) atoms. The van der Waals surface area contributed by atoms with Crippen LogP contribution >= 0.6 is 0 Å². The van der Waals surface area contributed by atoms with Crippen molar-refractivity contribution < 1.29 is 14.6 Å². The van der Waals surface area contributed by atoms with Gasteiger partial charge in [-0.25, -0.2) is 0 Å². The molecule has 1 N–H and O–H groups in total. The molecule has 0 spiro atoms. The Kier molecular flexibility index (Phi) is 4.70. The van der Waals surface area contributed by atoms with E-state index in [0.717, 1.165) is 0 Å². The van der Waals surface area contributed by atoms with Gasteiger partial charge in [-0.05, 0) is 31.9 Å². The van der Waals surface area contributed by atoms with Crippen LogP contribution in [0.1, 0.15) is 38.1 Å². The fourth-order valence-corrected chi connectivity index (χ4v) is 1.47. The molecule has 0 amide bonds. The molecule has 0 aromatic heterocycles. The van der Waals surface area contributed by atoms with Crippen molar-refractivity contribution >= 4 is 5.78 Å². The Bertz CT molecular complexity index is 383. The average Bonchev–Trinajstić information content (AvgIpc) is 2.26. The predicted octanol–water partition coefficient (Wildman–Crippen LogP) is 2.67. The molecule has 0 aliphatic heterocycles. The van der Waals surface area contributed by atoms with Gasteiger partial charge in [0.2, 0.25) is 0 Å². The number of ketones is 1. The molecule has 1 rings (SSSR count). The number of carbonyl (C=O) groups is 1. The Morgan fingerprint density at radius 3 is 2.41 bits per heavy atom. The van der Waals surface area contributed by atoms with Gasteiger partial charge < -0.3 is 9.84 Å². The van der Waals surface area contributed by atoms with Crippen LogP contribution < -0.4 is 4.74 Å². The normalized spacial score (nSPS) is 12.9. The maximum Gasteiger partial charge on any atom is 0.191 e. The maximum atomic E-state index is 11.9. The Morgan fingerprint density at radius 2 is 1.88 bits per heavy atom. The van der Waals surface area contributed by atoms with Gasteiger partial charge in [-0.1, -0.05) is 26.0 Å². The summed E-state index contributed by atoms with van der Waals surface area (Å²) in [6.45, 7) is 7.49. The first-order valence-corrected chi connectivity index (χ1v) is 5.90. The van der Waals surface area contributed by atoms with Crippen LogP contribution in [-0.4, -0.2) is 23.1 Å². The van der Waals surface area contributed by atoms with Gasteiger partial charge >= 0.3 is 0 Å². The van der Waals surface area contributed by atoms with Crippen molar-refractivity contribution in [3.8, 4) is 5.75 Å². The number of hydrogen-bond acceptors (Lipinski definition) is 3. The van der Waals surface area contributed by atoms with E-state index in [1.54, 1.807) is 24.3 Å². The second-order valence-corrected chi connectivity index (χ2v) is 4.75. The van der Waals surface area contributed by atoms with Gasteiger partial charge in [-0.15, -0.1) is 0 Å². The lowest BCUT2D eigenvalue weighted by Gasteiger charge is -2.14. The summed E-state index contributed by atoms with van der Waals surface area (Å²) < 4.78 is 5.51. The van der Waals surface area contributed by atoms with Crippen LogP contribution in [0.25, 0.3) is 0 Å². The minimum atomic E-state index is -0.954. The molecule has 3 heteroatoms. The minimum absolute atomic E-state index is 0.0652. The summed E-state index contributed by atoms with van der Waals surface area (Å²) in [5.74, 6) is 0.313. The molecule has 0 saturated carbocycles. The summed E-state index contributed by atoms with van der Waals surface area (Å²) in [6.07, 6.45) is -0.889. The van der Waals surface area contributed by atoms with Crippen LogP contribution in [0.5, 0.6) is 5.75 Å². The fourth-order valence-electron chi connectivity index (χ4n) is 1.47. The van der Waals surface area contributed by atoms with Crippen molar-refractivity contribution in [2.75, 3.05) is 0 Å². The van der Waals surface area contributed by atoms with Crippen molar-refractivity contribution in [1.82, 2.24) is 0 Å². The summed E-state index contributed by atoms with van der Waals surface area (Å²) in [5, 5.41) is 9.73. The van der Waals surface area contributed by atoms with Gasteiger partial charge in [0.15, 0.2) is 5.78 Å². The van der Waals surface area contributed by atoms with E-state index in [9.17, 15) is 9.90 Å². The number of hydrogen-bond donors (Lipinski definition) is 1. The Labute approximate surface area is 102 Å². The average molecular weight is 236 g/mol. The number of rotatable bonds is 5. The van der Waals surface area contributed by atoms with E-state index in [2.05, 4.69) is 0 Å². The zero-order valence-corrected chi connectivity index (χ0v) is 10.8. The van der Waals surface area contributed by atoms with Gasteiger partial charge in [0, 0.05) is 5.56 Å². The third-order valence-corrected chi connectivity index (χ3v) is 2.39. The highest BCUT2D eigenvalue weighted by Gasteiger charge is 2.20. The van der Waals surface area contributed by atoms with Gasteiger partial charge in [-0.3, -0.25) is 4.79 Å². The number of Topliss-reactive ketones (excluding diaryl/α,β-unsaturated/α-hetero) is 1. The van der Waals surface area contributed by atoms with Crippen LogP contribution in [0, 0.1) is 5.92 Å². The molecule has 0 fully saturated rings. The van der Waals surface area contributed by atoms with E-state index in [-0.39, 0.29) is 17.8 Å². The van der Waals surface area contributed by atoms with E-state index < -0.39 is 6.10 Å². The number of aliphatic hydroxyl groups excluding tert-OH is 1. The predicted molar refractivity (Wildman–Crippen MR) is 67.4 cm³/mol. The topological polar surface area (TPSA) is 46.5 Å². The smallest absolute Gasteiger partial charge is 0.191 e. The molecule has 0 aliphatic carbocycles. The molecule has 1 atom stereocenters. The summed E-state index contributed by atoms with van der Waals surface area (Å²) in [6, 6.07) is 6.94. The van der Waals surface area contributed by atoms with Crippen molar-refractivity contribution in [2.24, 2.45) is 5.92 Å². The molecule has 3 nitrogen and oxygen atoms in total. The van der Waals surface area contributed by atoms with E-state index in [4.69, 9.17) is 4.74 Å². The molecule has 0 saturated heterocycles. The minimum Gasteiger partial charge on any atom is -0.491 e. The first-order chi connectivity index (χ1) is 7.91. The number of carbonyl (C=O) groups excluding carboxylic acids is 1. The Morgan fingerprint density at radius 1 is 1.24 bits per heavy atom. The molecular formula is C14H20O3. The number of benzene rings is 1. The zero-order chi connectivity index (χ0) is 13.0. The highest BCUT2D eigenvalue weighted by atomic mass is 16.5. The second kappa shape index (κ2) is 5.82. The molecule has 1 aromatic carbocycles. The second-order valence-electron chi connectivity index (χ2n) is 4.75. The monoisotopic (exact) mass is 236 g/mol. The number of aliphatic hydroxyl groups is 1. The van der Waals surface area contributed by atoms with Crippen molar-refractivity contribution in [1.29, 1.82) is 0 Å². The highest BCUT2D eigenvalue weighted by Crippen LogP contribution is 2.17. The largest absolute Gasteiger partial charge is 0.491 e. The SMILES string of the molecule is CC(C)Oc1cccc(C(=O)C(O)C(C)C)c1. The van der Waals surface area contributed by atoms with Crippen molar-refractivity contribution in [3.05, 3.63) is 29.8 Å².